The molecule has 0 aliphatic carbocycles. The number of hydrogen-bond acceptors (Lipinski definition) is 6. The van der Waals surface area contributed by atoms with Crippen molar-refractivity contribution in [3.8, 4) is 16.9 Å². The summed E-state index contributed by atoms with van der Waals surface area (Å²) < 4.78 is 54.9. The zero-order chi connectivity index (χ0) is 23.4. The Bertz CT molecular complexity index is 1310. The van der Waals surface area contributed by atoms with E-state index in [1.165, 1.54) is 18.2 Å². The molecule has 0 amide bonds. The molecule has 1 fully saturated rings. The predicted molar refractivity (Wildman–Crippen MR) is 120 cm³/mol. The number of anilines is 1. The first-order chi connectivity index (χ1) is 15.0. The van der Waals surface area contributed by atoms with Crippen molar-refractivity contribution in [2.75, 3.05) is 17.7 Å². The highest BCUT2D eigenvalue weighted by molar-refractivity contribution is 7.90. The summed E-state index contributed by atoms with van der Waals surface area (Å²) in [4.78, 5) is 10.2. The summed E-state index contributed by atoms with van der Waals surface area (Å²) in [6.07, 6.45) is 2.81. The number of fused-ring (bicyclic) bond motifs is 1. The van der Waals surface area contributed by atoms with Crippen molar-refractivity contribution in [3.63, 3.8) is 0 Å². The van der Waals surface area contributed by atoms with Gasteiger partial charge in [-0.25, -0.2) is 27.2 Å². The molecule has 0 saturated carbocycles. The van der Waals surface area contributed by atoms with Crippen molar-refractivity contribution in [1.82, 2.24) is 9.97 Å². The molecule has 0 bridgehead atoms. The van der Waals surface area contributed by atoms with Crippen LogP contribution in [0.4, 0.5) is 14.6 Å². The van der Waals surface area contributed by atoms with Crippen LogP contribution in [0.2, 0.25) is 5.02 Å². The lowest BCUT2D eigenvalue weighted by Gasteiger charge is -2.38. The molecule has 1 aliphatic rings. The lowest BCUT2D eigenvalue weighted by Crippen LogP contribution is -2.42. The molecule has 0 unspecified atom stereocenters. The first-order valence-corrected chi connectivity index (χ1v) is 12.4. The Morgan fingerprint density at radius 3 is 2.53 bits per heavy atom. The molecule has 1 aromatic heterocycles. The van der Waals surface area contributed by atoms with Crippen LogP contribution in [0, 0.1) is 17.6 Å². The van der Waals surface area contributed by atoms with Crippen molar-refractivity contribution in [2.24, 2.45) is 5.92 Å². The van der Waals surface area contributed by atoms with Gasteiger partial charge in [0, 0.05) is 29.8 Å². The van der Waals surface area contributed by atoms with E-state index in [1.807, 2.05) is 11.8 Å². The number of phenols is 1. The van der Waals surface area contributed by atoms with Crippen LogP contribution in [-0.4, -0.2) is 42.3 Å². The zero-order valence-corrected chi connectivity index (χ0v) is 19.3. The average Bonchev–Trinajstić information content (AvgIpc) is 2.70. The van der Waals surface area contributed by atoms with Crippen molar-refractivity contribution in [3.05, 3.63) is 40.9 Å². The second-order valence-electron chi connectivity index (χ2n) is 8.36. The number of piperidine rings is 1. The summed E-state index contributed by atoms with van der Waals surface area (Å²) in [5.41, 5.74) is -1.11. The quantitative estimate of drug-likeness (QED) is 0.532. The van der Waals surface area contributed by atoms with Crippen LogP contribution in [0.1, 0.15) is 26.7 Å². The molecular weight excluding hydrogens is 460 g/mol. The molecule has 1 aliphatic heterocycles. The van der Waals surface area contributed by atoms with E-state index in [0.717, 1.165) is 25.2 Å². The Balaban J connectivity index is 2.08. The number of sulfone groups is 1. The molecule has 4 rings (SSSR count). The number of nitrogens with zero attached hydrogens (tertiary/aromatic N) is 3. The van der Waals surface area contributed by atoms with Gasteiger partial charge in [0.1, 0.15) is 22.9 Å². The smallest absolute Gasteiger partial charge is 0.249 e. The van der Waals surface area contributed by atoms with E-state index in [4.69, 9.17) is 11.6 Å². The number of halogens is 3. The molecule has 1 saturated heterocycles. The molecule has 6 nitrogen and oxygen atoms in total. The number of phenolic OH excluding ortho intramolecular Hbond substituents is 1. The van der Waals surface area contributed by atoms with Gasteiger partial charge in [-0.1, -0.05) is 24.6 Å². The van der Waals surface area contributed by atoms with Gasteiger partial charge in [0.2, 0.25) is 15.0 Å². The van der Waals surface area contributed by atoms with Crippen molar-refractivity contribution >= 4 is 38.2 Å². The minimum Gasteiger partial charge on any atom is -0.507 e. The highest BCUT2D eigenvalue weighted by Crippen LogP contribution is 2.43. The average molecular weight is 482 g/mol. The fourth-order valence-corrected chi connectivity index (χ4v) is 4.91. The highest BCUT2D eigenvalue weighted by Gasteiger charge is 2.30. The Kier molecular flexibility index (Phi) is 5.75. The first kappa shape index (κ1) is 22.7. The Hall–Kier alpha value is -2.52. The Morgan fingerprint density at radius 1 is 1.16 bits per heavy atom. The van der Waals surface area contributed by atoms with E-state index in [1.54, 1.807) is 0 Å². The minimum atomic E-state index is -3.88. The fourth-order valence-electron chi connectivity index (χ4n) is 4.12. The second-order valence-corrected chi connectivity index (χ2v) is 10.7. The van der Waals surface area contributed by atoms with Gasteiger partial charge >= 0.3 is 0 Å². The van der Waals surface area contributed by atoms with E-state index < -0.39 is 37.9 Å². The number of aromatic nitrogens is 2. The van der Waals surface area contributed by atoms with Gasteiger partial charge in [0.05, 0.1) is 10.6 Å². The molecule has 32 heavy (non-hydrogen) atoms. The second kappa shape index (κ2) is 8.12. The summed E-state index contributed by atoms with van der Waals surface area (Å²) in [6, 6.07) is 4.99. The van der Waals surface area contributed by atoms with Crippen LogP contribution in [0.15, 0.2) is 29.4 Å². The van der Waals surface area contributed by atoms with Crippen LogP contribution in [-0.2, 0) is 9.84 Å². The largest absolute Gasteiger partial charge is 0.507 e. The van der Waals surface area contributed by atoms with Crippen LogP contribution < -0.4 is 4.90 Å². The topological polar surface area (TPSA) is 83.4 Å². The van der Waals surface area contributed by atoms with E-state index in [-0.39, 0.29) is 33.3 Å². The normalized spacial score (nSPS) is 19.5. The molecule has 2 atom stereocenters. The SMILES string of the molecule is C[C@H]1CC[C@H](C)N(c2nc(S(C)(=O)=O)nc3c(F)c(-c4c(O)cccc4F)c(Cl)cc23)C1. The molecule has 2 aromatic carbocycles. The third-order valence-electron chi connectivity index (χ3n) is 5.81. The number of aromatic hydroxyl groups is 1. The Morgan fingerprint density at radius 2 is 1.88 bits per heavy atom. The van der Waals surface area contributed by atoms with Crippen molar-refractivity contribution in [1.29, 1.82) is 0 Å². The molecule has 2 heterocycles. The maximum Gasteiger partial charge on any atom is 0.249 e. The molecule has 3 aromatic rings. The van der Waals surface area contributed by atoms with Crippen LogP contribution in [0.25, 0.3) is 22.0 Å². The maximum atomic E-state index is 15.8. The van der Waals surface area contributed by atoms with Gasteiger partial charge in [0.15, 0.2) is 5.82 Å². The first-order valence-electron chi connectivity index (χ1n) is 10.1. The minimum absolute atomic E-state index is 0.0360. The standard InChI is InChI=1S/C22H22ClF2N3O3S/c1-11-7-8-12(2)28(10-11)21-13-9-14(23)17(18-15(24)5-4-6-16(18)29)19(25)20(13)26-22(27-21)32(3,30)31/h4-6,9,11-12,29H,7-8,10H2,1-3H3/t11-,12-/m0/s1. The van der Waals surface area contributed by atoms with Crippen LogP contribution in [0.3, 0.4) is 0 Å². The summed E-state index contributed by atoms with van der Waals surface area (Å²) in [5, 5.41) is 9.71. The lowest BCUT2D eigenvalue weighted by molar-refractivity contribution is 0.388. The van der Waals surface area contributed by atoms with Gasteiger partial charge in [-0.05, 0) is 43.9 Å². The van der Waals surface area contributed by atoms with Gasteiger partial charge < -0.3 is 10.0 Å². The predicted octanol–water partition coefficient (Wildman–Crippen LogP) is 4.96. The van der Waals surface area contributed by atoms with Gasteiger partial charge in [-0.3, -0.25) is 0 Å². The van der Waals surface area contributed by atoms with Crippen molar-refractivity contribution in [2.45, 2.75) is 37.9 Å². The van der Waals surface area contributed by atoms with E-state index in [2.05, 4.69) is 16.9 Å². The van der Waals surface area contributed by atoms with Gasteiger partial charge in [-0.2, -0.15) is 0 Å². The highest BCUT2D eigenvalue weighted by atomic mass is 35.5. The summed E-state index contributed by atoms with van der Waals surface area (Å²) in [6.45, 7) is 4.67. The van der Waals surface area contributed by atoms with Crippen LogP contribution in [0.5, 0.6) is 5.75 Å². The lowest BCUT2D eigenvalue weighted by atomic mass is 9.94. The molecule has 10 heteroatoms. The van der Waals surface area contributed by atoms with Gasteiger partial charge in [-0.15, -0.1) is 0 Å². The fraction of sp³-hybridized carbons (Fsp3) is 0.364. The third-order valence-corrected chi connectivity index (χ3v) is 6.95. The van der Waals surface area contributed by atoms with Gasteiger partial charge in [0.25, 0.3) is 0 Å². The molecule has 1 N–H and O–H groups in total. The number of benzene rings is 2. The summed E-state index contributed by atoms with van der Waals surface area (Å²) in [7, 11) is -3.88. The molecule has 0 spiro atoms. The summed E-state index contributed by atoms with van der Waals surface area (Å²) >= 11 is 6.38. The third kappa shape index (κ3) is 3.88. The molecular formula is C22H22ClF2N3O3S. The molecule has 170 valence electrons. The van der Waals surface area contributed by atoms with E-state index in [9.17, 15) is 17.9 Å². The van der Waals surface area contributed by atoms with Crippen molar-refractivity contribution < 1.29 is 22.3 Å². The Labute approximate surface area is 189 Å². The van der Waals surface area contributed by atoms with Crippen LogP contribution >= 0.6 is 11.6 Å². The maximum absolute atomic E-state index is 15.8. The van der Waals surface area contributed by atoms with E-state index >= 15 is 4.39 Å². The van der Waals surface area contributed by atoms with E-state index in [0.29, 0.717) is 12.5 Å². The number of rotatable bonds is 3. The summed E-state index contributed by atoms with van der Waals surface area (Å²) in [5.74, 6) is -1.81. The monoisotopic (exact) mass is 481 g/mol. The zero-order valence-electron chi connectivity index (χ0n) is 17.7. The number of hydrogen-bond donors (Lipinski definition) is 1. The molecule has 0 radical (unpaired) electrons.